The number of rotatable bonds is 8. The van der Waals surface area contributed by atoms with Crippen LogP contribution in [0.2, 0.25) is 5.02 Å². The highest BCUT2D eigenvalue weighted by Gasteiger charge is 2.12. The fourth-order valence-electron chi connectivity index (χ4n) is 2.20. The Labute approximate surface area is 180 Å². The topological polar surface area (TPSA) is 102 Å². The minimum Gasteiger partial charge on any atom is -0.345 e. The minimum atomic E-state index is -0.273. The fourth-order valence-corrected chi connectivity index (χ4v) is 3.67. The predicted octanol–water partition coefficient (Wildman–Crippen LogP) is 2.99. The Hall–Kier alpha value is -2.69. The van der Waals surface area contributed by atoms with E-state index in [1.807, 2.05) is 18.2 Å². The van der Waals surface area contributed by atoms with E-state index in [0.29, 0.717) is 21.1 Å². The van der Waals surface area contributed by atoms with Crippen molar-refractivity contribution in [3.05, 3.63) is 58.3 Å². The summed E-state index contributed by atoms with van der Waals surface area (Å²) in [6.45, 7) is 0.209. The van der Waals surface area contributed by atoms with Crippen molar-refractivity contribution in [1.82, 2.24) is 25.1 Å². The van der Waals surface area contributed by atoms with E-state index in [1.165, 1.54) is 29.2 Å². The molecule has 2 N–H and O–H groups in total. The number of halogens is 1. The van der Waals surface area contributed by atoms with Crippen molar-refractivity contribution in [3.8, 4) is 0 Å². The van der Waals surface area contributed by atoms with Gasteiger partial charge < -0.3 is 15.2 Å². The molecule has 2 amide bonds. The number of nitrogens with one attached hydrogen (secondary N) is 2. The second kappa shape index (κ2) is 10.2. The Kier molecular flexibility index (Phi) is 7.39. The van der Waals surface area contributed by atoms with Gasteiger partial charge in [0, 0.05) is 29.7 Å². The molecule has 29 heavy (non-hydrogen) atoms. The van der Waals surface area contributed by atoms with Crippen LogP contribution in [-0.4, -0.2) is 37.3 Å². The molecule has 3 rings (SSSR count). The lowest BCUT2D eigenvalue weighted by molar-refractivity contribution is -0.116. The maximum absolute atomic E-state index is 12.0. The van der Waals surface area contributed by atoms with Gasteiger partial charge in [-0.3, -0.25) is 9.59 Å². The van der Waals surface area contributed by atoms with Crippen LogP contribution in [0.5, 0.6) is 0 Å². The molecule has 1 aromatic carbocycles. The maximum Gasteiger partial charge on any atom is 0.244 e. The number of nitrogens with zero attached hydrogens (tertiary/aromatic N) is 4. The van der Waals surface area contributed by atoms with Crippen LogP contribution >= 0.6 is 34.7 Å². The minimum absolute atomic E-state index is 0.174. The van der Waals surface area contributed by atoms with E-state index in [4.69, 9.17) is 11.6 Å². The number of hydrogen-bond donors (Lipinski definition) is 2. The van der Waals surface area contributed by atoms with Crippen LogP contribution < -0.4 is 10.6 Å². The van der Waals surface area contributed by atoms with Crippen LogP contribution in [0.1, 0.15) is 11.4 Å². The van der Waals surface area contributed by atoms with Crippen molar-refractivity contribution in [2.45, 2.75) is 11.7 Å². The summed E-state index contributed by atoms with van der Waals surface area (Å²) in [7, 11) is 1.78. The van der Waals surface area contributed by atoms with Gasteiger partial charge in [0.15, 0.2) is 16.1 Å². The van der Waals surface area contributed by atoms with Gasteiger partial charge in [0.25, 0.3) is 0 Å². The first-order valence-corrected chi connectivity index (χ1v) is 10.7. The molecule has 2 aromatic heterocycles. The van der Waals surface area contributed by atoms with Gasteiger partial charge in [0.05, 0.1) is 12.3 Å². The molecule has 0 saturated heterocycles. The Morgan fingerprint density at radius 2 is 2.14 bits per heavy atom. The predicted molar refractivity (Wildman–Crippen MR) is 115 cm³/mol. The molecule has 0 radical (unpaired) electrons. The van der Waals surface area contributed by atoms with Crippen LogP contribution in [0.4, 0.5) is 5.13 Å². The number of thiazole rings is 1. The van der Waals surface area contributed by atoms with Crippen LogP contribution in [-0.2, 0) is 23.2 Å². The molecule has 0 atom stereocenters. The normalized spacial score (nSPS) is 11.0. The molecule has 0 unspecified atom stereocenters. The SMILES string of the molecule is Cn1c(CNC(=O)/C=C/c2ccccc2Cl)nnc1SCC(=O)Nc1nccs1. The van der Waals surface area contributed by atoms with Gasteiger partial charge in [-0.05, 0) is 17.7 Å². The molecule has 0 aliphatic rings. The van der Waals surface area contributed by atoms with Gasteiger partial charge >= 0.3 is 0 Å². The Morgan fingerprint density at radius 1 is 1.31 bits per heavy atom. The van der Waals surface area contributed by atoms with Crippen molar-refractivity contribution in [3.63, 3.8) is 0 Å². The molecule has 8 nitrogen and oxygen atoms in total. The number of anilines is 1. The van der Waals surface area contributed by atoms with Crippen LogP contribution in [0, 0.1) is 0 Å². The number of carbonyl (C=O) groups is 2. The zero-order chi connectivity index (χ0) is 20.6. The third-order valence-corrected chi connectivity index (χ3v) is 5.73. The standard InChI is InChI=1S/C18H17ClN6O2S2/c1-25-14(10-21-15(26)7-6-12-4-2-3-5-13(12)19)23-24-18(25)29-11-16(27)22-17-20-8-9-28-17/h2-9H,10-11H2,1H3,(H,21,26)(H,20,22,27)/b7-6+. The molecule has 0 saturated carbocycles. The monoisotopic (exact) mass is 448 g/mol. The summed E-state index contributed by atoms with van der Waals surface area (Å²) in [5, 5.41) is 17.1. The number of benzene rings is 1. The van der Waals surface area contributed by atoms with E-state index in [2.05, 4.69) is 25.8 Å². The Bertz CT molecular complexity index is 1020. The molecule has 0 aliphatic heterocycles. The average Bonchev–Trinajstić information content (AvgIpc) is 3.34. The van der Waals surface area contributed by atoms with Crippen molar-refractivity contribution in [2.75, 3.05) is 11.1 Å². The van der Waals surface area contributed by atoms with Gasteiger partial charge in [-0.1, -0.05) is 41.6 Å². The van der Waals surface area contributed by atoms with Crippen molar-refractivity contribution in [1.29, 1.82) is 0 Å². The highest BCUT2D eigenvalue weighted by molar-refractivity contribution is 7.99. The third kappa shape index (κ3) is 6.14. The van der Waals surface area contributed by atoms with Gasteiger partial charge in [-0.25, -0.2) is 4.98 Å². The average molecular weight is 449 g/mol. The second-order valence-electron chi connectivity index (χ2n) is 5.70. The Morgan fingerprint density at radius 3 is 2.90 bits per heavy atom. The van der Waals surface area contributed by atoms with E-state index in [1.54, 1.807) is 35.3 Å². The fraction of sp³-hybridized carbons (Fsp3) is 0.167. The van der Waals surface area contributed by atoms with Crippen molar-refractivity contribution >= 4 is 57.7 Å². The van der Waals surface area contributed by atoms with Crippen LogP contribution in [0.15, 0.2) is 47.1 Å². The third-order valence-electron chi connectivity index (χ3n) is 3.68. The summed E-state index contributed by atoms with van der Waals surface area (Å²) in [5.41, 5.74) is 0.762. The summed E-state index contributed by atoms with van der Waals surface area (Å²) < 4.78 is 1.74. The van der Waals surface area contributed by atoms with E-state index in [0.717, 1.165) is 5.56 Å². The maximum atomic E-state index is 12.0. The first-order chi connectivity index (χ1) is 14.0. The Balaban J connectivity index is 1.48. The highest BCUT2D eigenvalue weighted by atomic mass is 35.5. The van der Waals surface area contributed by atoms with Gasteiger partial charge in [-0.15, -0.1) is 21.5 Å². The number of thioether (sulfide) groups is 1. The number of aromatic nitrogens is 4. The largest absolute Gasteiger partial charge is 0.345 e. The lowest BCUT2D eigenvalue weighted by Gasteiger charge is -2.04. The van der Waals surface area contributed by atoms with Gasteiger partial charge in [0.2, 0.25) is 11.8 Å². The number of hydrogen-bond acceptors (Lipinski definition) is 7. The summed E-state index contributed by atoms with van der Waals surface area (Å²) in [6, 6.07) is 7.25. The molecule has 150 valence electrons. The summed E-state index contributed by atoms with van der Waals surface area (Å²) in [6.07, 6.45) is 4.69. The summed E-state index contributed by atoms with van der Waals surface area (Å²) in [5.74, 6) is 0.308. The van der Waals surface area contributed by atoms with E-state index in [9.17, 15) is 9.59 Å². The molecular weight excluding hydrogens is 432 g/mol. The molecular formula is C18H17ClN6O2S2. The summed E-state index contributed by atoms with van der Waals surface area (Å²) in [4.78, 5) is 28.0. The van der Waals surface area contributed by atoms with Gasteiger partial charge in [0.1, 0.15) is 0 Å². The molecule has 2 heterocycles. The lowest BCUT2D eigenvalue weighted by Crippen LogP contribution is -2.22. The highest BCUT2D eigenvalue weighted by Crippen LogP contribution is 2.18. The molecule has 0 bridgehead atoms. The molecule has 0 fully saturated rings. The van der Waals surface area contributed by atoms with Gasteiger partial charge in [-0.2, -0.15) is 0 Å². The lowest BCUT2D eigenvalue weighted by atomic mass is 10.2. The first kappa shape index (κ1) is 21.0. The van der Waals surface area contributed by atoms with E-state index in [-0.39, 0.29) is 24.1 Å². The second-order valence-corrected chi connectivity index (χ2v) is 7.95. The molecule has 0 spiro atoms. The first-order valence-electron chi connectivity index (χ1n) is 8.44. The zero-order valence-corrected chi connectivity index (χ0v) is 17.7. The molecule has 3 aromatic rings. The number of amides is 2. The molecule has 11 heteroatoms. The van der Waals surface area contributed by atoms with E-state index < -0.39 is 0 Å². The number of carbonyl (C=O) groups excluding carboxylic acids is 2. The quantitative estimate of drug-likeness (QED) is 0.405. The van der Waals surface area contributed by atoms with Crippen LogP contribution in [0.25, 0.3) is 6.08 Å². The van der Waals surface area contributed by atoms with Crippen LogP contribution in [0.3, 0.4) is 0 Å². The van der Waals surface area contributed by atoms with Crippen molar-refractivity contribution < 1.29 is 9.59 Å². The summed E-state index contributed by atoms with van der Waals surface area (Å²) >= 11 is 8.67. The smallest absolute Gasteiger partial charge is 0.244 e. The molecule has 0 aliphatic carbocycles. The van der Waals surface area contributed by atoms with E-state index >= 15 is 0 Å². The van der Waals surface area contributed by atoms with Crippen molar-refractivity contribution in [2.24, 2.45) is 7.05 Å². The zero-order valence-electron chi connectivity index (χ0n) is 15.3.